The Kier molecular flexibility index (Phi) is 4.28. The van der Waals surface area contributed by atoms with E-state index in [-0.39, 0.29) is 5.56 Å². The van der Waals surface area contributed by atoms with Gasteiger partial charge in [0.05, 0.1) is 11.4 Å². The Morgan fingerprint density at radius 2 is 1.87 bits per heavy atom. The normalized spacial score (nSPS) is 17.9. The van der Waals surface area contributed by atoms with Crippen molar-refractivity contribution in [3.63, 3.8) is 0 Å². The van der Waals surface area contributed by atoms with Crippen molar-refractivity contribution in [2.24, 2.45) is 0 Å². The molecule has 0 aliphatic carbocycles. The summed E-state index contributed by atoms with van der Waals surface area (Å²) in [7, 11) is 2.15. The lowest BCUT2D eigenvalue weighted by Crippen LogP contribution is -2.50. The van der Waals surface area contributed by atoms with Crippen molar-refractivity contribution in [1.82, 2.24) is 34.1 Å². The van der Waals surface area contributed by atoms with E-state index in [2.05, 4.69) is 45.0 Å². The van der Waals surface area contributed by atoms with Gasteiger partial charge in [0.15, 0.2) is 5.65 Å². The van der Waals surface area contributed by atoms with Gasteiger partial charge in [0.25, 0.3) is 5.56 Å². The summed E-state index contributed by atoms with van der Waals surface area (Å²) in [4.78, 5) is 26.7. The molecule has 0 bridgehead atoms. The van der Waals surface area contributed by atoms with Gasteiger partial charge in [-0.25, -0.2) is 9.97 Å². The molecule has 30 heavy (non-hydrogen) atoms. The Labute approximate surface area is 173 Å². The number of anilines is 1. The molecule has 0 N–H and O–H groups in total. The zero-order valence-electron chi connectivity index (χ0n) is 17.6. The van der Waals surface area contributed by atoms with E-state index in [0.29, 0.717) is 34.5 Å². The van der Waals surface area contributed by atoms with Gasteiger partial charge in [-0.15, -0.1) is 14.8 Å². The minimum Gasteiger partial charge on any atom is -0.367 e. The molecule has 9 heteroatoms. The van der Waals surface area contributed by atoms with E-state index in [1.165, 1.54) is 10.7 Å². The Morgan fingerprint density at radius 3 is 2.67 bits per heavy atom. The van der Waals surface area contributed by atoms with Crippen molar-refractivity contribution in [2.45, 2.75) is 26.8 Å². The molecule has 0 amide bonds. The first kappa shape index (κ1) is 18.7. The van der Waals surface area contributed by atoms with Crippen LogP contribution in [0.1, 0.15) is 18.3 Å². The van der Waals surface area contributed by atoms with Crippen molar-refractivity contribution in [2.75, 3.05) is 31.6 Å². The molecule has 0 radical (unpaired) electrons. The maximum Gasteiger partial charge on any atom is 0.258 e. The van der Waals surface area contributed by atoms with Crippen LogP contribution in [0.25, 0.3) is 22.7 Å². The molecule has 1 aliphatic heterocycles. The highest BCUT2D eigenvalue weighted by Gasteiger charge is 2.22. The van der Waals surface area contributed by atoms with E-state index in [0.717, 1.165) is 30.9 Å². The largest absolute Gasteiger partial charge is 0.367 e. The summed E-state index contributed by atoms with van der Waals surface area (Å²) < 4.78 is 3.11. The lowest BCUT2D eigenvalue weighted by Gasteiger charge is -2.39. The van der Waals surface area contributed by atoms with E-state index < -0.39 is 0 Å². The fourth-order valence-corrected chi connectivity index (χ4v) is 3.96. The maximum atomic E-state index is 13.0. The van der Waals surface area contributed by atoms with Crippen LogP contribution in [-0.4, -0.2) is 66.8 Å². The number of hydrogen-bond donors (Lipinski definition) is 0. The summed E-state index contributed by atoms with van der Waals surface area (Å²) in [6, 6.07) is 7.75. The summed E-state index contributed by atoms with van der Waals surface area (Å²) in [6.45, 7) is 8.90. The Bertz CT molecular complexity index is 1320. The number of nitrogens with zero attached hydrogens (tertiary/aromatic N) is 8. The zero-order chi connectivity index (χ0) is 21.0. The number of likely N-dealkylation sites (N-methyl/N-ethyl adjacent to an activating group) is 1. The van der Waals surface area contributed by atoms with Crippen molar-refractivity contribution >= 4 is 17.0 Å². The lowest BCUT2D eigenvalue weighted by molar-refractivity contribution is 0.234. The van der Waals surface area contributed by atoms with E-state index in [1.54, 1.807) is 4.40 Å². The molecule has 4 aromatic rings. The third kappa shape index (κ3) is 3.11. The number of rotatable bonds is 2. The topological polar surface area (TPSA) is 83.9 Å². The van der Waals surface area contributed by atoms with E-state index in [9.17, 15) is 4.79 Å². The number of pyridine rings is 1. The molecular weight excluding hydrogens is 380 g/mol. The monoisotopic (exact) mass is 404 g/mol. The molecule has 5 heterocycles. The van der Waals surface area contributed by atoms with Gasteiger partial charge in [0.2, 0.25) is 0 Å². The second-order valence-electron chi connectivity index (χ2n) is 8.06. The summed E-state index contributed by atoms with van der Waals surface area (Å²) in [5.41, 5.74) is 4.29. The second-order valence-corrected chi connectivity index (χ2v) is 8.06. The summed E-state index contributed by atoms with van der Waals surface area (Å²) in [5, 5.41) is 8.72. The highest BCUT2D eigenvalue weighted by Crippen LogP contribution is 2.22. The van der Waals surface area contributed by atoms with Crippen LogP contribution >= 0.6 is 0 Å². The van der Waals surface area contributed by atoms with E-state index in [1.807, 2.05) is 32.2 Å². The van der Waals surface area contributed by atoms with Gasteiger partial charge in [-0.1, -0.05) is 0 Å². The van der Waals surface area contributed by atoms with Crippen molar-refractivity contribution in [3.8, 4) is 11.4 Å². The van der Waals surface area contributed by atoms with Gasteiger partial charge in [0, 0.05) is 37.9 Å². The van der Waals surface area contributed by atoms with Gasteiger partial charge >= 0.3 is 0 Å². The van der Waals surface area contributed by atoms with E-state index in [4.69, 9.17) is 4.98 Å². The molecule has 0 aromatic carbocycles. The second kappa shape index (κ2) is 6.88. The third-order valence-corrected chi connectivity index (χ3v) is 5.83. The highest BCUT2D eigenvalue weighted by atomic mass is 16.1. The highest BCUT2D eigenvalue weighted by molar-refractivity contribution is 5.63. The molecule has 0 spiro atoms. The fourth-order valence-electron chi connectivity index (χ4n) is 3.96. The van der Waals surface area contributed by atoms with Crippen LogP contribution in [0.3, 0.4) is 0 Å². The van der Waals surface area contributed by atoms with Crippen molar-refractivity contribution in [1.29, 1.82) is 0 Å². The van der Waals surface area contributed by atoms with Gasteiger partial charge in [0.1, 0.15) is 17.2 Å². The van der Waals surface area contributed by atoms with Crippen LogP contribution in [0.2, 0.25) is 0 Å². The number of fused-ring (bicyclic) bond motifs is 2. The van der Waals surface area contributed by atoms with Crippen LogP contribution in [0.4, 0.5) is 5.69 Å². The average molecular weight is 404 g/mol. The molecule has 1 aliphatic rings. The molecule has 4 aromatic heterocycles. The minimum absolute atomic E-state index is 0.126. The standard InChI is InChI=1S/C21H24N8O/c1-13-9-16(27-8-7-26(4)14(2)11-27)12-28-20(30)10-18(23-21(13)28)17-5-6-19-22-15(3)24-29(19)25-17/h5-6,9-10,12,14H,7-8,11H2,1-4H3/t14-/m0/s1. The first-order chi connectivity index (χ1) is 14.4. The molecule has 5 rings (SSSR count). The molecule has 0 saturated carbocycles. The molecule has 1 saturated heterocycles. The van der Waals surface area contributed by atoms with Crippen molar-refractivity contribution < 1.29 is 0 Å². The summed E-state index contributed by atoms with van der Waals surface area (Å²) >= 11 is 0. The number of aromatic nitrogens is 6. The Hall–Kier alpha value is -3.33. The first-order valence-electron chi connectivity index (χ1n) is 10.1. The van der Waals surface area contributed by atoms with Gasteiger partial charge in [-0.3, -0.25) is 9.20 Å². The van der Waals surface area contributed by atoms with Gasteiger partial charge in [-0.2, -0.15) is 0 Å². The van der Waals surface area contributed by atoms with Gasteiger partial charge in [-0.05, 0) is 51.6 Å². The zero-order valence-corrected chi connectivity index (χ0v) is 17.6. The number of aryl methyl sites for hydroxylation is 2. The van der Waals surface area contributed by atoms with Crippen molar-refractivity contribution in [3.05, 3.63) is 52.2 Å². The summed E-state index contributed by atoms with van der Waals surface area (Å²) in [6.07, 6.45) is 1.90. The molecule has 0 unspecified atom stereocenters. The predicted molar refractivity (Wildman–Crippen MR) is 115 cm³/mol. The Morgan fingerprint density at radius 1 is 1.03 bits per heavy atom. The number of hydrogen-bond acceptors (Lipinski definition) is 7. The molecule has 9 nitrogen and oxygen atoms in total. The van der Waals surface area contributed by atoms with Crippen LogP contribution in [0, 0.1) is 13.8 Å². The first-order valence-corrected chi connectivity index (χ1v) is 10.1. The molecular formula is C21H24N8O. The SMILES string of the molecule is Cc1nc2ccc(-c3cc(=O)n4cc(N5CCN(C)[C@@H](C)C5)cc(C)c4n3)nn2n1. The third-order valence-electron chi connectivity index (χ3n) is 5.83. The average Bonchev–Trinajstić information content (AvgIpc) is 3.09. The number of piperazine rings is 1. The van der Waals surface area contributed by atoms with Crippen LogP contribution < -0.4 is 10.5 Å². The maximum absolute atomic E-state index is 13.0. The lowest BCUT2D eigenvalue weighted by atomic mass is 10.1. The van der Waals surface area contributed by atoms with Crippen LogP contribution in [0.5, 0.6) is 0 Å². The smallest absolute Gasteiger partial charge is 0.258 e. The molecule has 1 atom stereocenters. The van der Waals surface area contributed by atoms with Gasteiger partial charge < -0.3 is 9.80 Å². The predicted octanol–water partition coefficient (Wildman–Crippen LogP) is 1.56. The van der Waals surface area contributed by atoms with E-state index >= 15 is 0 Å². The molecule has 1 fully saturated rings. The quantitative estimate of drug-likeness (QED) is 0.501. The van der Waals surface area contributed by atoms with Crippen LogP contribution in [-0.2, 0) is 0 Å². The fraction of sp³-hybridized carbons (Fsp3) is 0.381. The summed E-state index contributed by atoms with van der Waals surface area (Å²) in [5.74, 6) is 0.646. The minimum atomic E-state index is -0.126. The molecule has 154 valence electrons. The Balaban J connectivity index is 1.58. The van der Waals surface area contributed by atoms with Crippen LogP contribution in [0.15, 0.2) is 35.3 Å².